The molecule has 0 unspecified atom stereocenters. The van der Waals surface area contributed by atoms with Crippen molar-refractivity contribution in [3.05, 3.63) is 48.2 Å². The fourth-order valence-electron chi connectivity index (χ4n) is 1.97. The van der Waals surface area contributed by atoms with Crippen LogP contribution in [0, 0.1) is 0 Å². The van der Waals surface area contributed by atoms with Gasteiger partial charge in [0.1, 0.15) is 11.4 Å². The highest BCUT2D eigenvalue weighted by Gasteiger charge is 2.07. The highest BCUT2D eigenvalue weighted by molar-refractivity contribution is 5.88. The van der Waals surface area contributed by atoms with Gasteiger partial charge in [-0.05, 0) is 16.6 Å². The first-order valence-corrected chi connectivity index (χ1v) is 6.02. The van der Waals surface area contributed by atoms with Crippen molar-refractivity contribution in [1.82, 2.24) is 10.3 Å². The van der Waals surface area contributed by atoms with Gasteiger partial charge in [0.05, 0.1) is 6.61 Å². The average Bonchev–Trinajstić information content (AvgIpc) is 2.85. The van der Waals surface area contributed by atoms with E-state index in [1.807, 2.05) is 30.3 Å². The first-order chi connectivity index (χ1) is 9.34. The molecule has 1 aromatic heterocycles. The van der Waals surface area contributed by atoms with E-state index >= 15 is 0 Å². The zero-order valence-electron chi connectivity index (χ0n) is 10.2. The van der Waals surface area contributed by atoms with E-state index in [2.05, 4.69) is 27.1 Å². The highest BCUT2D eigenvalue weighted by Crippen LogP contribution is 2.25. The van der Waals surface area contributed by atoms with E-state index < -0.39 is 0 Å². The molecule has 3 rings (SSSR count). The SMILES string of the molecule is Nc1nonc1CCOc1cccc2ccccc12. The Labute approximate surface area is 109 Å². The molecule has 0 bridgehead atoms. The molecule has 19 heavy (non-hydrogen) atoms. The number of benzene rings is 2. The molecule has 3 aromatic rings. The number of aromatic nitrogens is 2. The minimum absolute atomic E-state index is 0.321. The molecular formula is C14H13N3O2. The highest BCUT2D eigenvalue weighted by atomic mass is 16.6. The van der Waals surface area contributed by atoms with Crippen LogP contribution in [0.3, 0.4) is 0 Å². The van der Waals surface area contributed by atoms with Crippen molar-refractivity contribution in [2.45, 2.75) is 6.42 Å². The fraction of sp³-hybridized carbons (Fsp3) is 0.143. The molecule has 0 aliphatic carbocycles. The summed E-state index contributed by atoms with van der Waals surface area (Å²) in [7, 11) is 0. The Bertz CT molecular complexity index is 688. The molecule has 0 saturated carbocycles. The van der Waals surface area contributed by atoms with Crippen LogP contribution >= 0.6 is 0 Å². The second kappa shape index (κ2) is 4.97. The smallest absolute Gasteiger partial charge is 0.191 e. The van der Waals surface area contributed by atoms with Gasteiger partial charge in [0, 0.05) is 11.8 Å². The van der Waals surface area contributed by atoms with E-state index in [4.69, 9.17) is 10.5 Å². The Morgan fingerprint density at radius 3 is 2.74 bits per heavy atom. The van der Waals surface area contributed by atoms with Gasteiger partial charge >= 0.3 is 0 Å². The van der Waals surface area contributed by atoms with Gasteiger partial charge in [-0.3, -0.25) is 0 Å². The predicted octanol–water partition coefficient (Wildman–Crippen LogP) is 2.43. The Hall–Kier alpha value is -2.56. The van der Waals surface area contributed by atoms with E-state index in [-0.39, 0.29) is 0 Å². The van der Waals surface area contributed by atoms with Crippen molar-refractivity contribution < 1.29 is 9.37 Å². The van der Waals surface area contributed by atoms with E-state index in [1.54, 1.807) is 0 Å². The van der Waals surface area contributed by atoms with Crippen LogP contribution in [-0.2, 0) is 6.42 Å². The number of ether oxygens (including phenoxy) is 1. The van der Waals surface area contributed by atoms with Gasteiger partial charge in [0.25, 0.3) is 0 Å². The summed E-state index contributed by atoms with van der Waals surface area (Å²) < 4.78 is 10.3. The van der Waals surface area contributed by atoms with Gasteiger partial charge in [-0.2, -0.15) is 0 Å². The third-order valence-corrected chi connectivity index (χ3v) is 2.93. The number of rotatable bonds is 4. The van der Waals surface area contributed by atoms with Crippen LogP contribution in [0.25, 0.3) is 10.8 Å². The number of nitrogen functional groups attached to an aromatic ring is 1. The minimum Gasteiger partial charge on any atom is -0.493 e. The molecule has 2 N–H and O–H groups in total. The molecule has 5 nitrogen and oxygen atoms in total. The van der Waals surface area contributed by atoms with E-state index in [0.717, 1.165) is 16.5 Å². The monoisotopic (exact) mass is 255 g/mol. The van der Waals surface area contributed by atoms with Crippen LogP contribution in [-0.4, -0.2) is 16.9 Å². The zero-order chi connectivity index (χ0) is 13.1. The van der Waals surface area contributed by atoms with Crippen LogP contribution in [0.5, 0.6) is 5.75 Å². The van der Waals surface area contributed by atoms with Crippen LogP contribution < -0.4 is 10.5 Å². The van der Waals surface area contributed by atoms with Crippen molar-refractivity contribution in [1.29, 1.82) is 0 Å². The number of hydrogen-bond acceptors (Lipinski definition) is 5. The van der Waals surface area contributed by atoms with Crippen molar-refractivity contribution in [2.24, 2.45) is 0 Å². The van der Waals surface area contributed by atoms with Gasteiger partial charge in [-0.25, -0.2) is 4.63 Å². The van der Waals surface area contributed by atoms with Crippen LogP contribution in [0.4, 0.5) is 5.82 Å². The Morgan fingerprint density at radius 1 is 1.05 bits per heavy atom. The van der Waals surface area contributed by atoms with Crippen molar-refractivity contribution in [3.63, 3.8) is 0 Å². The Morgan fingerprint density at radius 2 is 1.89 bits per heavy atom. The van der Waals surface area contributed by atoms with E-state index in [1.165, 1.54) is 0 Å². The van der Waals surface area contributed by atoms with Gasteiger partial charge in [0.15, 0.2) is 5.82 Å². The van der Waals surface area contributed by atoms with E-state index in [9.17, 15) is 0 Å². The van der Waals surface area contributed by atoms with Crippen molar-refractivity contribution >= 4 is 16.6 Å². The summed E-state index contributed by atoms with van der Waals surface area (Å²) in [5, 5.41) is 9.50. The van der Waals surface area contributed by atoms with Crippen molar-refractivity contribution in [2.75, 3.05) is 12.3 Å². The van der Waals surface area contributed by atoms with Gasteiger partial charge in [0.2, 0.25) is 0 Å². The van der Waals surface area contributed by atoms with Crippen LogP contribution in [0.15, 0.2) is 47.1 Å². The molecule has 1 heterocycles. The third-order valence-electron chi connectivity index (χ3n) is 2.93. The number of anilines is 1. The summed E-state index contributed by atoms with van der Waals surface area (Å²) in [5.74, 6) is 1.18. The first kappa shape index (κ1) is 11.5. The lowest BCUT2D eigenvalue weighted by atomic mass is 10.1. The molecule has 0 aliphatic rings. The summed E-state index contributed by atoms with van der Waals surface area (Å²) in [6, 6.07) is 14.1. The van der Waals surface area contributed by atoms with Gasteiger partial charge < -0.3 is 10.5 Å². The summed E-state index contributed by atoms with van der Waals surface area (Å²) in [5.41, 5.74) is 6.21. The lowest BCUT2D eigenvalue weighted by Gasteiger charge is -2.08. The predicted molar refractivity (Wildman–Crippen MR) is 71.9 cm³/mol. The fourth-order valence-corrected chi connectivity index (χ4v) is 1.97. The largest absolute Gasteiger partial charge is 0.493 e. The maximum absolute atomic E-state index is 5.78. The summed E-state index contributed by atoms with van der Waals surface area (Å²) in [4.78, 5) is 0. The molecule has 0 atom stereocenters. The minimum atomic E-state index is 0.321. The number of nitrogens with zero attached hydrogens (tertiary/aromatic N) is 2. The Kier molecular flexibility index (Phi) is 3.02. The van der Waals surface area contributed by atoms with Gasteiger partial charge in [-0.15, -0.1) is 0 Å². The molecule has 0 amide bonds. The molecule has 5 heteroatoms. The summed E-state index contributed by atoms with van der Waals surface area (Å²) in [6.45, 7) is 0.479. The van der Waals surface area contributed by atoms with Crippen LogP contribution in [0.1, 0.15) is 5.69 Å². The van der Waals surface area contributed by atoms with Crippen LogP contribution in [0.2, 0.25) is 0 Å². The molecule has 0 saturated heterocycles. The molecule has 2 aromatic carbocycles. The average molecular weight is 255 g/mol. The van der Waals surface area contributed by atoms with E-state index in [0.29, 0.717) is 24.5 Å². The Balaban J connectivity index is 1.74. The lowest BCUT2D eigenvalue weighted by Crippen LogP contribution is -2.04. The maximum atomic E-state index is 5.78. The standard InChI is InChI=1S/C14H13N3O2/c15-14-12(16-19-17-14)8-9-18-13-7-3-5-10-4-1-2-6-11(10)13/h1-7H,8-9H2,(H2,15,17). The molecule has 0 fully saturated rings. The normalized spacial score (nSPS) is 10.7. The number of fused-ring (bicyclic) bond motifs is 1. The number of nitrogens with two attached hydrogens (primary N) is 1. The quantitative estimate of drug-likeness (QED) is 0.775. The topological polar surface area (TPSA) is 74.2 Å². The molecule has 0 aliphatic heterocycles. The molecule has 0 spiro atoms. The molecule has 96 valence electrons. The second-order valence-electron chi connectivity index (χ2n) is 4.17. The summed E-state index contributed by atoms with van der Waals surface area (Å²) >= 11 is 0. The maximum Gasteiger partial charge on any atom is 0.191 e. The van der Waals surface area contributed by atoms with Gasteiger partial charge in [-0.1, -0.05) is 41.6 Å². The zero-order valence-corrected chi connectivity index (χ0v) is 10.2. The first-order valence-electron chi connectivity index (χ1n) is 6.02. The second-order valence-corrected chi connectivity index (χ2v) is 4.17. The third kappa shape index (κ3) is 2.35. The summed E-state index contributed by atoms with van der Waals surface area (Å²) in [6.07, 6.45) is 0.568. The molecule has 0 radical (unpaired) electrons. The number of hydrogen-bond donors (Lipinski definition) is 1. The molecular weight excluding hydrogens is 242 g/mol. The lowest BCUT2D eigenvalue weighted by molar-refractivity contribution is 0.294. The van der Waals surface area contributed by atoms with Crippen molar-refractivity contribution in [3.8, 4) is 5.75 Å².